The van der Waals surface area contributed by atoms with Gasteiger partial charge >= 0.3 is 5.97 Å². The molecule has 2 heterocycles. The zero-order chi connectivity index (χ0) is 25.2. The van der Waals surface area contributed by atoms with Crippen LogP contribution in [0.1, 0.15) is 15.9 Å². The third-order valence-corrected chi connectivity index (χ3v) is 7.10. The van der Waals surface area contributed by atoms with E-state index >= 15 is 4.39 Å². The fourth-order valence-corrected chi connectivity index (χ4v) is 5.18. The molecule has 9 heteroatoms. The lowest BCUT2D eigenvalue weighted by Crippen LogP contribution is -2.38. The Labute approximate surface area is 222 Å². The average molecular weight is 600 g/mol. The number of aromatic carboxylic acids is 1. The van der Waals surface area contributed by atoms with Gasteiger partial charge in [0.15, 0.2) is 5.82 Å². The normalized spacial score (nSPS) is 14.3. The summed E-state index contributed by atoms with van der Waals surface area (Å²) >= 11 is 2.21. The van der Waals surface area contributed by atoms with Gasteiger partial charge in [0.25, 0.3) is 0 Å². The van der Waals surface area contributed by atoms with Crippen molar-refractivity contribution in [2.75, 3.05) is 38.2 Å². The molecular weight excluding hydrogens is 574 g/mol. The SMILES string of the molecule is Cc1cc(I)ccc1Nc1c(C(=O)O)cc2nc(-c3ccccc3)n(CCN3CCOCC3)c2c1F. The van der Waals surface area contributed by atoms with Gasteiger partial charge in [0, 0.05) is 41.0 Å². The summed E-state index contributed by atoms with van der Waals surface area (Å²) in [6.07, 6.45) is 0. The summed E-state index contributed by atoms with van der Waals surface area (Å²) in [6, 6.07) is 16.7. The molecule has 0 saturated carbocycles. The maximum atomic E-state index is 16.3. The van der Waals surface area contributed by atoms with Crippen molar-refractivity contribution in [2.24, 2.45) is 0 Å². The molecule has 0 amide bonds. The molecule has 1 saturated heterocycles. The van der Waals surface area contributed by atoms with Gasteiger partial charge in [-0.1, -0.05) is 30.3 Å². The van der Waals surface area contributed by atoms with Crippen LogP contribution in [-0.2, 0) is 11.3 Å². The molecule has 1 aliphatic heterocycles. The Morgan fingerprint density at radius 2 is 1.89 bits per heavy atom. The minimum atomic E-state index is -1.22. The summed E-state index contributed by atoms with van der Waals surface area (Å²) in [5.41, 5.74) is 2.77. The van der Waals surface area contributed by atoms with E-state index in [4.69, 9.17) is 9.72 Å². The molecule has 7 nitrogen and oxygen atoms in total. The maximum Gasteiger partial charge on any atom is 0.338 e. The highest BCUT2D eigenvalue weighted by Gasteiger charge is 2.25. The van der Waals surface area contributed by atoms with Crippen LogP contribution >= 0.6 is 22.6 Å². The fourth-order valence-electron chi connectivity index (χ4n) is 4.53. The number of benzene rings is 3. The van der Waals surface area contributed by atoms with E-state index in [2.05, 4.69) is 32.8 Å². The Hall–Kier alpha value is -3.02. The predicted octanol–water partition coefficient (Wildman–Crippen LogP) is 5.53. The van der Waals surface area contributed by atoms with Gasteiger partial charge in [-0.3, -0.25) is 4.90 Å². The third-order valence-electron chi connectivity index (χ3n) is 6.43. The molecule has 5 rings (SSSR count). The van der Waals surface area contributed by atoms with Crippen molar-refractivity contribution in [1.82, 2.24) is 14.5 Å². The van der Waals surface area contributed by atoms with E-state index in [0.29, 0.717) is 43.3 Å². The van der Waals surface area contributed by atoms with Crippen molar-refractivity contribution < 1.29 is 19.0 Å². The van der Waals surface area contributed by atoms with Gasteiger partial charge in [-0.25, -0.2) is 14.2 Å². The van der Waals surface area contributed by atoms with Crippen LogP contribution in [0, 0.1) is 16.3 Å². The Bertz CT molecular complexity index is 1420. The smallest absolute Gasteiger partial charge is 0.338 e. The van der Waals surface area contributed by atoms with Crippen molar-refractivity contribution in [3.8, 4) is 11.4 Å². The number of aryl methyl sites for hydroxylation is 1. The Kier molecular flexibility index (Phi) is 7.22. The minimum absolute atomic E-state index is 0.0635. The number of anilines is 2. The first kappa shape index (κ1) is 24.7. The highest BCUT2D eigenvalue weighted by Crippen LogP contribution is 2.35. The summed E-state index contributed by atoms with van der Waals surface area (Å²) in [4.78, 5) is 19.2. The second-order valence-corrected chi connectivity index (χ2v) is 10.0. The first-order chi connectivity index (χ1) is 17.4. The fraction of sp³-hybridized carbons (Fsp3) is 0.259. The van der Waals surface area contributed by atoms with Gasteiger partial charge < -0.3 is 19.7 Å². The number of imidazole rings is 1. The molecule has 0 aliphatic carbocycles. The van der Waals surface area contributed by atoms with Crippen molar-refractivity contribution in [3.05, 3.63) is 75.1 Å². The second-order valence-electron chi connectivity index (χ2n) is 8.78. The number of rotatable bonds is 7. The number of carboxylic acid groups (broad SMARTS) is 1. The summed E-state index contributed by atoms with van der Waals surface area (Å²) in [5, 5.41) is 13.0. The van der Waals surface area contributed by atoms with E-state index in [0.717, 1.165) is 27.8 Å². The zero-order valence-electron chi connectivity index (χ0n) is 19.8. The van der Waals surface area contributed by atoms with Gasteiger partial charge in [0.1, 0.15) is 11.3 Å². The molecule has 186 valence electrons. The number of nitrogens with zero attached hydrogens (tertiary/aromatic N) is 3. The van der Waals surface area contributed by atoms with Crippen LogP contribution in [0.4, 0.5) is 15.8 Å². The van der Waals surface area contributed by atoms with E-state index in [9.17, 15) is 9.90 Å². The molecule has 1 fully saturated rings. The van der Waals surface area contributed by atoms with Gasteiger partial charge in [-0.05, 0) is 59.3 Å². The van der Waals surface area contributed by atoms with Crippen LogP contribution in [0.5, 0.6) is 0 Å². The van der Waals surface area contributed by atoms with Crippen LogP contribution in [0.2, 0.25) is 0 Å². The number of halogens is 2. The molecule has 0 radical (unpaired) electrons. The van der Waals surface area contributed by atoms with Crippen molar-refractivity contribution >= 4 is 51.0 Å². The first-order valence-electron chi connectivity index (χ1n) is 11.8. The average Bonchev–Trinajstić information content (AvgIpc) is 3.25. The standard InChI is InChI=1S/C27H26FIN4O3/c1-17-15-19(29)7-8-21(17)30-24-20(27(34)35)16-22-25(23(24)28)33(10-9-32-11-13-36-14-12-32)26(31-22)18-5-3-2-4-6-18/h2-8,15-16,30H,9-14H2,1H3,(H,34,35). The Morgan fingerprint density at radius 1 is 1.14 bits per heavy atom. The van der Waals surface area contributed by atoms with E-state index in [1.165, 1.54) is 6.07 Å². The van der Waals surface area contributed by atoms with Crippen molar-refractivity contribution in [1.29, 1.82) is 0 Å². The number of carbonyl (C=O) groups is 1. The molecule has 36 heavy (non-hydrogen) atoms. The summed E-state index contributed by atoms with van der Waals surface area (Å²) < 4.78 is 24.7. The lowest BCUT2D eigenvalue weighted by atomic mass is 10.1. The number of nitrogens with one attached hydrogen (secondary N) is 1. The highest BCUT2D eigenvalue weighted by atomic mass is 127. The number of hydrogen-bond donors (Lipinski definition) is 2. The van der Waals surface area contributed by atoms with E-state index in [1.54, 1.807) is 0 Å². The molecule has 3 aromatic carbocycles. The van der Waals surface area contributed by atoms with Gasteiger partial charge in [-0.2, -0.15) is 0 Å². The molecular formula is C27H26FIN4O3. The number of hydrogen-bond acceptors (Lipinski definition) is 5. The predicted molar refractivity (Wildman–Crippen MR) is 147 cm³/mol. The molecule has 0 atom stereocenters. The quantitative estimate of drug-likeness (QED) is 0.272. The minimum Gasteiger partial charge on any atom is -0.478 e. The van der Waals surface area contributed by atoms with Crippen LogP contribution in [0.3, 0.4) is 0 Å². The number of carboxylic acids is 1. The molecule has 4 aromatic rings. The van der Waals surface area contributed by atoms with Crippen LogP contribution in [0.15, 0.2) is 54.6 Å². The number of aromatic nitrogens is 2. The molecule has 1 aliphatic rings. The van der Waals surface area contributed by atoms with Crippen LogP contribution in [0.25, 0.3) is 22.4 Å². The lowest BCUT2D eigenvalue weighted by molar-refractivity contribution is 0.0365. The van der Waals surface area contributed by atoms with E-state index < -0.39 is 11.8 Å². The number of morpholine rings is 1. The lowest BCUT2D eigenvalue weighted by Gasteiger charge is -2.27. The first-order valence-corrected chi connectivity index (χ1v) is 12.8. The topological polar surface area (TPSA) is 79.6 Å². The van der Waals surface area contributed by atoms with E-state index in [1.807, 2.05) is 60.0 Å². The molecule has 1 aromatic heterocycles. The van der Waals surface area contributed by atoms with Crippen LogP contribution in [-0.4, -0.2) is 58.4 Å². The van der Waals surface area contributed by atoms with Crippen LogP contribution < -0.4 is 5.32 Å². The largest absolute Gasteiger partial charge is 0.478 e. The third kappa shape index (κ3) is 4.95. The van der Waals surface area contributed by atoms with E-state index in [-0.39, 0.29) is 16.8 Å². The van der Waals surface area contributed by atoms with Crippen molar-refractivity contribution in [2.45, 2.75) is 13.5 Å². The molecule has 0 unspecified atom stereocenters. The molecule has 0 bridgehead atoms. The maximum absolute atomic E-state index is 16.3. The Morgan fingerprint density at radius 3 is 2.58 bits per heavy atom. The van der Waals surface area contributed by atoms with Gasteiger partial charge in [-0.15, -0.1) is 0 Å². The summed E-state index contributed by atoms with van der Waals surface area (Å²) in [5.74, 6) is -1.23. The van der Waals surface area contributed by atoms with Gasteiger partial charge in [0.05, 0.1) is 30.0 Å². The number of fused-ring (bicyclic) bond motifs is 1. The monoisotopic (exact) mass is 600 g/mol. The molecule has 2 N–H and O–H groups in total. The summed E-state index contributed by atoms with van der Waals surface area (Å²) in [7, 11) is 0. The second kappa shape index (κ2) is 10.5. The zero-order valence-corrected chi connectivity index (χ0v) is 22.0. The summed E-state index contributed by atoms with van der Waals surface area (Å²) in [6.45, 7) is 6.10. The highest BCUT2D eigenvalue weighted by molar-refractivity contribution is 14.1. The van der Waals surface area contributed by atoms with Crippen molar-refractivity contribution in [3.63, 3.8) is 0 Å². The van der Waals surface area contributed by atoms with Gasteiger partial charge in [0.2, 0.25) is 0 Å². The Balaban J connectivity index is 1.66. The number of ether oxygens (including phenoxy) is 1. The molecule has 0 spiro atoms.